The van der Waals surface area contributed by atoms with Gasteiger partial charge in [0, 0.05) is 27.8 Å². The van der Waals surface area contributed by atoms with E-state index < -0.39 is 0 Å². The molecule has 0 N–H and O–H groups in total. The molecule has 9 aromatic carbocycles. The van der Waals surface area contributed by atoms with Gasteiger partial charge in [-0.1, -0.05) is 164 Å². The van der Waals surface area contributed by atoms with E-state index in [2.05, 4.69) is 181 Å². The van der Waals surface area contributed by atoms with Crippen molar-refractivity contribution in [3.05, 3.63) is 206 Å². The Bertz CT molecular complexity index is 2920. The van der Waals surface area contributed by atoms with E-state index >= 15 is 0 Å². The van der Waals surface area contributed by atoms with Crippen LogP contribution in [0.25, 0.3) is 77.5 Å². The Labute approximate surface area is 314 Å². The van der Waals surface area contributed by atoms with Crippen LogP contribution >= 0.6 is 0 Å². The van der Waals surface area contributed by atoms with Crippen LogP contribution in [0.2, 0.25) is 0 Å². The van der Waals surface area contributed by atoms with E-state index in [-0.39, 0.29) is 0 Å². The summed E-state index contributed by atoms with van der Waals surface area (Å²) < 4.78 is 6.62. The van der Waals surface area contributed by atoms with Gasteiger partial charge in [0.15, 0.2) is 5.58 Å². The van der Waals surface area contributed by atoms with Crippen molar-refractivity contribution in [2.45, 2.75) is 0 Å². The summed E-state index contributed by atoms with van der Waals surface area (Å²) in [5.74, 6) is 0.622. The van der Waals surface area contributed by atoms with Gasteiger partial charge in [-0.15, -0.1) is 0 Å². The van der Waals surface area contributed by atoms with Crippen molar-refractivity contribution in [2.24, 2.45) is 0 Å². The Kier molecular flexibility index (Phi) is 7.81. The fraction of sp³-hybridized carbons (Fsp3) is 0. The van der Waals surface area contributed by atoms with Crippen LogP contribution in [0, 0.1) is 0 Å². The van der Waals surface area contributed by atoms with Crippen molar-refractivity contribution in [2.75, 3.05) is 4.90 Å². The Balaban J connectivity index is 1.20. The molecule has 10 rings (SSSR count). The minimum absolute atomic E-state index is 0.622. The normalized spacial score (nSPS) is 11.3. The summed E-state index contributed by atoms with van der Waals surface area (Å²) in [6, 6.07) is 73.0. The van der Waals surface area contributed by atoms with Crippen LogP contribution in [0.1, 0.15) is 0 Å². The third-order valence-corrected chi connectivity index (χ3v) is 10.3. The highest BCUT2D eigenvalue weighted by Gasteiger charge is 2.22. The number of nitrogens with zero attached hydrogens (tertiary/aromatic N) is 2. The topological polar surface area (TPSA) is 29.3 Å². The van der Waals surface area contributed by atoms with Gasteiger partial charge < -0.3 is 9.32 Å². The second-order valence-electron chi connectivity index (χ2n) is 13.5. The van der Waals surface area contributed by atoms with Gasteiger partial charge in [0.2, 0.25) is 5.89 Å². The van der Waals surface area contributed by atoms with Crippen LogP contribution in [-0.2, 0) is 0 Å². The average molecular weight is 691 g/mol. The molecule has 0 aliphatic carbocycles. The zero-order valence-corrected chi connectivity index (χ0v) is 29.4. The van der Waals surface area contributed by atoms with Gasteiger partial charge in [-0.3, -0.25) is 0 Å². The second-order valence-corrected chi connectivity index (χ2v) is 13.5. The number of anilines is 3. The highest BCUT2D eigenvalue weighted by atomic mass is 16.3. The average Bonchev–Trinajstić information content (AvgIpc) is 3.70. The van der Waals surface area contributed by atoms with Crippen molar-refractivity contribution >= 4 is 49.7 Å². The standard InChI is InChI=1S/C51H34N2O/c1-4-14-35(15-5-1)36-24-26-38(27-25-36)44-21-11-13-23-48(44)53(47-22-12-10-20-43(47)37-16-6-2-7-17-37)42-32-30-39-28-29-40-31-33-46-50(49(40)45(39)34-42)54-51(52-46)41-18-8-3-9-19-41/h1-34H. The van der Waals surface area contributed by atoms with Crippen LogP contribution in [0.3, 0.4) is 0 Å². The number of hydrogen-bond donors (Lipinski definition) is 0. The van der Waals surface area contributed by atoms with Crippen LogP contribution in [0.4, 0.5) is 17.1 Å². The van der Waals surface area contributed by atoms with E-state index in [1.165, 1.54) is 11.1 Å². The lowest BCUT2D eigenvalue weighted by Crippen LogP contribution is -2.12. The molecule has 1 aromatic heterocycles. The number of rotatable bonds is 7. The largest absolute Gasteiger partial charge is 0.435 e. The van der Waals surface area contributed by atoms with Crippen molar-refractivity contribution < 1.29 is 4.42 Å². The lowest BCUT2D eigenvalue weighted by atomic mass is 9.96. The minimum atomic E-state index is 0.622. The first-order chi connectivity index (χ1) is 26.8. The second kappa shape index (κ2) is 13.4. The number of oxazole rings is 1. The number of para-hydroxylation sites is 2. The zero-order chi connectivity index (χ0) is 35.8. The van der Waals surface area contributed by atoms with Crippen LogP contribution < -0.4 is 4.90 Å². The smallest absolute Gasteiger partial charge is 0.227 e. The summed E-state index contributed by atoms with van der Waals surface area (Å²) in [5, 5.41) is 4.41. The van der Waals surface area contributed by atoms with Crippen LogP contribution in [-0.4, -0.2) is 4.98 Å². The van der Waals surface area contributed by atoms with Crippen LogP contribution in [0.15, 0.2) is 211 Å². The monoisotopic (exact) mass is 690 g/mol. The predicted octanol–water partition coefficient (Wildman–Crippen LogP) is 14.3. The fourth-order valence-electron chi connectivity index (χ4n) is 7.68. The number of benzene rings is 9. The SMILES string of the molecule is c1ccc(-c2ccc(-c3ccccc3N(c3ccc4ccc5ccc6nc(-c7ccccc7)oc6c5c4c3)c3ccccc3-c3ccccc3)cc2)cc1. The molecule has 0 aliphatic heterocycles. The maximum Gasteiger partial charge on any atom is 0.227 e. The van der Waals surface area contributed by atoms with E-state index in [1.807, 2.05) is 30.3 Å². The lowest BCUT2D eigenvalue weighted by molar-refractivity contribution is 0.623. The molecule has 254 valence electrons. The summed E-state index contributed by atoms with van der Waals surface area (Å²) >= 11 is 0. The fourth-order valence-corrected chi connectivity index (χ4v) is 7.68. The molecule has 3 heteroatoms. The molecule has 0 fully saturated rings. The highest BCUT2D eigenvalue weighted by molar-refractivity contribution is 6.19. The van der Waals surface area contributed by atoms with Gasteiger partial charge in [-0.25, -0.2) is 4.98 Å². The maximum atomic E-state index is 6.62. The minimum Gasteiger partial charge on any atom is -0.435 e. The van der Waals surface area contributed by atoms with Crippen molar-refractivity contribution in [1.29, 1.82) is 0 Å². The molecule has 54 heavy (non-hydrogen) atoms. The summed E-state index contributed by atoms with van der Waals surface area (Å²) in [6.45, 7) is 0. The molecule has 0 radical (unpaired) electrons. The molecule has 10 aromatic rings. The molecular formula is C51H34N2O. The van der Waals surface area contributed by atoms with Crippen LogP contribution in [0.5, 0.6) is 0 Å². The first-order valence-corrected chi connectivity index (χ1v) is 18.3. The van der Waals surface area contributed by atoms with Gasteiger partial charge >= 0.3 is 0 Å². The summed E-state index contributed by atoms with van der Waals surface area (Å²) in [7, 11) is 0. The molecular weight excluding hydrogens is 657 g/mol. The predicted molar refractivity (Wildman–Crippen MR) is 225 cm³/mol. The van der Waals surface area contributed by atoms with E-state index in [1.54, 1.807) is 0 Å². The van der Waals surface area contributed by atoms with Crippen molar-refractivity contribution in [3.8, 4) is 44.8 Å². The highest BCUT2D eigenvalue weighted by Crippen LogP contribution is 2.46. The third kappa shape index (κ3) is 5.60. The first kappa shape index (κ1) is 31.5. The molecule has 0 atom stereocenters. The van der Waals surface area contributed by atoms with E-state index in [0.717, 1.165) is 77.5 Å². The van der Waals surface area contributed by atoms with E-state index in [0.29, 0.717) is 5.89 Å². The van der Waals surface area contributed by atoms with Gasteiger partial charge in [0.05, 0.1) is 11.4 Å². The molecule has 0 saturated heterocycles. The maximum absolute atomic E-state index is 6.62. The van der Waals surface area contributed by atoms with Crippen molar-refractivity contribution in [1.82, 2.24) is 4.98 Å². The number of hydrogen-bond acceptors (Lipinski definition) is 3. The summed E-state index contributed by atoms with van der Waals surface area (Å²) in [4.78, 5) is 7.34. The van der Waals surface area contributed by atoms with Gasteiger partial charge in [-0.05, 0) is 80.9 Å². The van der Waals surface area contributed by atoms with Crippen molar-refractivity contribution in [3.63, 3.8) is 0 Å². The van der Waals surface area contributed by atoms with Gasteiger partial charge in [0.25, 0.3) is 0 Å². The molecule has 0 bridgehead atoms. The van der Waals surface area contributed by atoms with Gasteiger partial charge in [-0.2, -0.15) is 0 Å². The zero-order valence-electron chi connectivity index (χ0n) is 29.4. The lowest BCUT2D eigenvalue weighted by Gasteiger charge is -2.30. The molecule has 0 aliphatic rings. The first-order valence-electron chi connectivity index (χ1n) is 18.3. The molecule has 0 amide bonds. The third-order valence-electron chi connectivity index (χ3n) is 10.3. The molecule has 0 spiro atoms. The number of fused-ring (bicyclic) bond motifs is 5. The molecule has 0 saturated carbocycles. The van der Waals surface area contributed by atoms with Gasteiger partial charge in [0.1, 0.15) is 5.52 Å². The molecule has 3 nitrogen and oxygen atoms in total. The van der Waals surface area contributed by atoms with E-state index in [4.69, 9.17) is 9.40 Å². The summed E-state index contributed by atoms with van der Waals surface area (Å²) in [6.07, 6.45) is 0. The Morgan fingerprint density at radius 1 is 0.389 bits per heavy atom. The Hall–Kier alpha value is -7.23. The number of aromatic nitrogens is 1. The Morgan fingerprint density at radius 3 is 1.54 bits per heavy atom. The summed E-state index contributed by atoms with van der Waals surface area (Å²) in [5.41, 5.74) is 12.8. The Morgan fingerprint density at radius 2 is 0.870 bits per heavy atom. The quantitative estimate of drug-likeness (QED) is 0.156. The molecule has 0 unspecified atom stereocenters. The molecule has 1 heterocycles. The van der Waals surface area contributed by atoms with E-state index in [9.17, 15) is 0 Å².